The number of thioether (sulfide) groups is 1. The predicted octanol–water partition coefficient (Wildman–Crippen LogP) is 3.76. The average molecular weight is 571 g/mol. The van der Waals surface area contributed by atoms with E-state index in [0.29, 0.717) is 11.2 Å². The molecule has 172 valence electrons. The van der Waals surface area contributed by atoms with Crippen molar-refractivity contribution < 1.29 is 23.3 Å². The van der Waals surface area contributed by atoms with Gasteiger partial charge in [0.05, 0.1) is 20.5 Å². The average Bonchev–Trinajstić information content (AvgIpc) is 3.16. The Morgan fingerprint density at radius 1 is 1.38 bits per heavy atom. The first kappa shape index (κ1) is 24.4. The molecule has 0 bridgehead atoms. The molecule has 0 aliphatic heterocycles. The SMILES string of the molecule is COc1cc(Nc2nc(C(N)(S[N+](=O)[O-])SC(F)(Cl)Br)nc3nc[nH]c23)cc(OC)c1O. The minimum absolute atomic E-state index is 0.0332. The number of aromatic amines is 1. The fourth-order valence-electron chi connectivity index (χ4n) is 2.57. The molecule has 0 radical (unpaired) electrons. The van der Waals surface area contributed by atoms with Crippen LogP contribution in [0.4, 0.5) is 15.9 Å². The van der Waals surface area contributed by atoms with Gasteiger partial charge in [-0.1, -0.05) is 11.6 Å². The number of imidazole rings is 1. The molecule has 5 N–H and O–H groups in total. The van der Waals surface area contributed by atoms with Gasteiger partial charge in [0, 0.05) is 17.8 Å². The highest BCUT2D eigenvalue weighted by Crippen LogP contribution is 2.52. The van der Waals surface area contributed by atoms with Crippen LogP contribution in [-0.4, -0.2) is 47.0 Å². The summed E-state index contributed by atoms with van der Waals surface area (Å²) in [5, 5.41) is 24.3. The van der Waals surface area contributed by atoms with Crippen molar-refractivity contribution in [1.82, 2.24) is 19.9 Å². The normalized spacial score (nSPS) is 15.1. The molecule has 3 aromatic rings. The van der Waals surface area contributed by atoms with E-state index in [2.05, 4.69) is 41.2 Å². The highest BCUT2D eigenvalue weighted by molar-refractivity contribution is 9.12. The minimum atomic E-state index is -2.64. The van der Waals surface area contributed by atoms with Crippen LogP contribution in [-0.2, 0) is 4.20 Å². The fraction of sp³-hybridized carbons (Fsp3) is 0.267. The lowest BCUT2D eigenvalue weighted by molar-refractivity contribution is -0.285. The topological polar surface area (TPSA) is 174 Å². The van der Waals surface area contributed by atoms with Gasteiger partial charge >= 0.3 is 0 Å². The molecule has 0 aliphatic rings. The van der Waals surface area contributed by atoms with Crippen molar-refractivity contribution in [2.45, 2.75) is 7.57 Å². The number of alkyl halides is 3. The first-order valence-corrected chi connectivity index (χ1v) is 11.0. The maximum absolute atomic E-state index is 14.1. The minimum Gasteiger partial charge on any atom is -0.502 e. The van der Waals surface area contributed by atoms with Crippen molar-refractivity contribution in [2.24, 2.45) is 5.73 Å². The highest BCUT2D eigenvalue weighted by atomic mass is 79.9. The van der Waals surface area contributed by atoms with Gasteiger partial charge in [-0.2, -0.15) is 0 Å². The van der Waals surface area contributed by atoms with Gasteiger partial charge in [0.1, 0.15) is 9.85 Å². The number of benzene rings is 1. The number of H-pyrrole nitrogens is 1. The number of nitrogens with two attached hydrogens (primary N) is 1. The third kappa shape index (κ3) is 5.37. The van der Waals surface area contributed by atoms with E-state index in [0.717, 1.165) is 0 Å². The number of nitrogens with one attached hydrogen (secondary N) is 2. The molecule has 2 aromatic heterocycles. The molecule has 2 atom stereocenters. The standard InChI is InChI=1S/C15H14BrClFN7O5S2/c1-29-7-3-6(4-8(30-2)10(7)26)22-12-9-11(21-5-20-9)23-13(24-12)14(19,32-25(27)28)31-15(16,17)18/h3-5,26H,19H2,1-2H3,(H2,20,21,22,23,24). The predicted molar refractivity (Wildman–Crippen MR) is 123 cm³/mol. The quantitative estimate of drug-likeness (QED) is 0.0733. The number of anilines is 2. The second-order valence-corrected chi connectivity index (χ2v) is 11.5. The van der Waals surface area contributed by atoms with E-state index in [1.54, 1.807) is 0 Å². The molecule has 2 heterocycles. The number of phenols is 1. The Morgan fingerprint density at radius 3 is 2.53 bits per heavy atom. The molecule has 0 saturated heterocycles. The van der Waals surface area contributed by atoms with Crippen molar-refractivity contribution in [1.29, 1.82) is 0 Å². The van der Waals surface area contributed by atoms with Crippen LogP contribution < -0.4 is 20.5 Å². The van der Waals surface area contributed by atoms with E-state index in [4.69, 9.17) is 26.8 Å². The number of ether oxygens (including phenoxy) is 2. The molecule has 0 saturated carbocycles. The van der Waals surface area contributed by atoms with Crippen LogP contribution in [0.15, 0.2) is 18.5 Å². The molecule has 0 fully saturated rings. The summed E-state index contributed by atoms with van der Waals surface area (Å²) in [4.78, 5) is 26.4. The van der Waals surface area contributed by atoms with Gasteiger partial charge in [0.15, 0.2) is 28.8 Å². The van der Waals surface area contributed by atoms with Crippen LogP contribution in [0, 0.1) is 10.1 Å². The van der Waals surface area contributed by atoms with Crippen LogP contribution in [0.2, 0.25) is 0 Å². The Kier molecular flexibility index (Phi) is 7.09. The van der Waals surface area contributed by atoms with E-state index >= 15 is 0 Å². The molecular weight excluding hydrogens is 557 g/mol. The van der Waals surface area contributed by atoms with E-state index in [1.807, 2.05) is 0 Å². The molecule has 32 heavy (non-hydrogen) atoms. The molecule has 2 unspecified atom stereocenters. The van der Waals surface area contributed by atoms with Crippen molar-refractivity contribution >= 4 is 73.9 Å². The number of rotatable bonds is 9. The number of fused-ring (bicyclic) bond motifs is 1. The zero-order valence-corrected chi connectivity index (χ0v) is 20.1. The number of aromatic nitrogens is 4. The summed E-state index contributed by atoms with van der Waals surface area (Å²) in [6, 6.07) is 2.92. The molecule has 17 heteroatoms. The zero-order chi connectivity index (χ0) is 23.7. The number of methoxy groups -OCH3 is 2. The second-order valence-electron chi connectivity index (χ2n) is 5.88. The molecular formula is C15H14BrClFN7O5S2. The number of nitrogens with zero attached hydrogens (tertiary/aromatic N) is 4. The largest absolute Gasteiger partial charge is 0.502 e. The third-order valence-electron chi connectivity index (χ3n) is 3.82. The fourth-order valence-corrected chi connectivity index (χ4v) is 5.76. The summed E-state index contributed by atoms with van der Waals surface area (Å²) in [5.74, 6) is -0.220. The monoisotopic (exact) mass is 569 g/mol. The van der Waals surface area contributed by atoms with E-state index in [-0.39, 0.29) is 58.2 Å². The van der Waals surface area contributed by atoms with Crippen molar-refractivity contribution in [3.8, 4) is 17.2 Å². The van der Waals surface area contributed by atoms with Gasteiger partial charge in [-0.15, -0.1) is 0 Å². The lowest BCUT2D eigenvalue weighted by Gasteiger charge is -2.24. The maximum atomic E-state index is 14.1. The summed E-state index contributed by atoms with van der Waals surface area (Å²) in [6.45, 7) is 0. The van der Waals surface area contributed by atoms with Crippen LogP contribution in [0.3, 0.4) is 0 Å². The Bertz CT molecular complexity index is 1140. The Hall–Kier alpha value is -2.27. The van der Waals surface area contributed by atoms with Gasteiger partial charge in [0.25, 0.3) is 15.3 Å². The Morgan fingerprint density at radius 2 is 2.00 bits per heavy atom. The zero-order valence-electron chi connectivity index (χ0n) is 16.1. The number of hydrogen-bond acceptors (Lipinski definition) is 12. The van der Waals surface area contributed by atoms with Gasteiger partial charge in [-0.25, -0.2) is 19.3 Å². The summed E-state index contributed by atoms with van der Waals surface area (Å²) < 4.78 is 18.8. The number of hydrogen-bond donors (Lipinski definition) is 4. The van der Waals surface area contributed by atoms with Crippen LogP contribution in [0.5, 0.6) is 17.2 Å². The van der Waals surface area contributed by atoms with E-state index in [9.17, 15) is 19.6 Å². The molecule has 0 spiro atoms. The van der Waals surface area contributed by atoms with Gasteiger partial charge < -0.3 is 24.9 Å². The van der Waals surface area contributed by atoms with Gasteiger partial charge in [0.2, 0.25) is 9.95 Å². The first-order valence-electron chi connectivity index (χ1n) is 8.28. The van der Waals surface area contributed by atoms with Crippen LogP contribution in [0.25, 0.3) is 11.2 Å². The molecule has 1 aromatic carbocycles. The number of phenolic OH excluding ortho intramolecular Hbond substituents is 1. The Balaban J connectivity index is 2.13. The first-order chi connectivity index (χ1) is 15.0. The Labute approximate surface area is 201 Å². The summed E-state index contributed by atoms with van der Waals surface area (Å²) in [6.07, 6.45) is 1.32. The lowest BCUT2D eigenvalue weighted by atomic mass is 10.2. The van der Waals surface area contributed by atoms with Crippen LogP contribution in [0.1, 0.15) is 5.82 Å². The number of aromatic hydroxyl groups is 1. The lowest BCUT2D eigenvalue weighted by Crippen LogP contribution is -2.35. The summed E-state index contributed by atoms with van der Waals surface area (Å²) in [5.41, 5.74) is 6.90. The third-order valence-corrected chi connectivity index (χ3v) is 6.33. The second kappa shape index (κ2) is 9.30. The van der Waals surface area contributed by atoms with Crippen molar-refractivity contribution in [2.75, 3.05) is 19.5 Å². The molecule has 0 aliphatic carbocycles. The maximum Gasteiger partial charge on any atom is 0.287 e. The van der Waals surface area contributed by atoms with Gasteiger partial charge in [-0.3, -0.25) is 15.8 Å². The van der Waals surface area contributed by atoms with Crippen molar-refractivity contribution in [3.63, 3.8) is 0 Å². The van der Waals surface area contributed by atoms with Crippen molar-refractivity contribution in [3.05, 3.63) is 34.4 Å². The molecule has 0 amide bonds. The van der Waals surface area contributed by atoms with E-state index < -0.39 is 11.9 Å². The van der Waals surface area contributed by atoms with Crippen LogP contribution >= 0.6 is 51.2 Å². The smallest absolute Gasteiger partial charge is 0.287 e. The summed E-state index contributed by atoms with van der Waals surface area (Å²) in [7, 11) is 2.72. The molecule has 12 nitrogen and oxygen atoms in total. The summed E-state index contributed by atoms with van der Waals surface area (Å²) >= 11 is 8.25. The molecule has 3 rings (SSSR count). The van der Waals surface area contributed by atoms with E-state index in [1.165, 1.54) is 32.7 Å². The highest BCUT2D eigenvalue weighted by Gasteiger charge is 2.48. The van der Waals surface area contributed by atoms with Gasteiger partial charge in [-0.05, 0) is 27.7 Å². The number of nitro groups is 1. The number of halogens is 3.